The van der Waals surface area contributed by atoms with Gasteiger partial charge in [-0.1, -0.05) is 47.6 Å². The maximum atomic E-state index is 12.7. The van der Waals surface area contributed by atoms with Crippen LogP contribution in [0.25, 0.3) is 11.4 Å². The van der Waals surface area contributed by atoms with Crippen molar-refractivity contribution in [2.24, 2.45) is 0 Å². The van der Waals surface area contributed by atoms with Crippen LogP contribution < -0.4 is 4.74 Å². The van der Waals surface area contributed by atoms with Crippen molar-refractivity contribution in [1.82, 2.24) is 15.0 Å². The van der Waals surface area contributed by atoms with E-state index in [0.29, 0.717) is 24.7 Å². The number of benzene rings is 2. The van der Waals surface area contributed by atoms with Crippen LogP contribution in [0.15, 0.2) is 59.1 Å². The molecule has 2 heterocycles. The Morgan fingerprint density at radius 2 is 2.07 bits per heavy atom. The summed E-state index contributed by atoms with van der Waals surface area (Å²) in [6, 6.07) is 17.7. The Balaban J connectivity index is 1.39. The fourth-order valence-corrected chi connectivity index (χ4v) is 3.74. The van der Waals surface area contributed by atoms with Crippen LogP contribution in [-0.2, 0) is 11.2 Å². The number of piperidine rings is 1. The number of ether oxygens (including phenoxy) is 1. The van der Waals surface area contributed by atoms with E-state index in [9.17, 15) is 4.79 Å². The first-order valence-electron chi connectivity index (χ1n) is 10.0. The highest BCUT2D eigenvalue weighted by molar-refractivity contribution is 5.76. The summed E-state index contributed by atoms with van der Waals surface area (Å²) < 4.78 is 10.8. The highest BCUT2D eigenvalue weighted by Gasteiger charge is 2.28. The molecule has 0 radical (unpaired) electrons. The minimum absolute atomic E-state index is 0.0799. The van der Waals surface area contributed by atoms with E-state index in [-0.39, 0.29) is 11.8 Å². The lowest BCUT2D eigenvalue weighted by Gasteiger charge is -2.31. The molecule has 0 spiro atoms. The maximum Gasteiger partial charge on any atom is 0.231 e. The van der Waals surface area contributed by atoms with Crippen molar-refractivity contribution in [3.8, 4) is 17.1 Å². The number of aromatic nitrogens is 2. The molecule has 1 saturated heterocycles. The van der Waals surface area contributed by atoms with Crippen LogP contribution in [0.1, 0.15) is 36.6 Å². The average Bonchev–Trinajstić information content (AvgIpc) is 3.29. The Morgan fingerprint density at radius 3 is 2.90 bits per heavy atom. The number of likely N-dealkylation sites (tertiary alicyclic amines) is 1. The summed E-state index contributed by atoms with van der Waals surface area (Å²) in [5.41, 5.74) is 2.04. The fraction of sp³-hybridized carbons (Fsp3) is 0.348. The molecule has 0 unspecified atom stereocenters. The topological polar surface area (TPSA) is 68.5 Å². The van der Waals surface area contributed by atoms with Gasteiger partial charge in [0.25, 0.3) is 0 Å². The van der Waals surface area contributed by atoms with E-state index in [1.165, 1.54) is 5.56 Å². The molecule has 4 rings (SSSR count). The van der Waals surface area contributed by atoms with E-state index in [0.717, 1.165) is 37.1 Å². The summed E-state index contributed by atoms with van der Waals surface area (Å²) in [5, 5.41) is 4.14. The molecule has 1 aromatic heterocycles. The van der Waals surface area contributed by atoms with Gasteiger partial charge in [-0.2, -0.15) is 4.98 Å². The molecule has 2 aromatic carbocycles. The normalized spacial score (nSPS) is 16.6. The first-order valence-corrected chi connectivity index (χ1v) is 10.0. The fourth-order valence-electron chi connectivity index (χ4n) is 3.74. The Labute approximate surface area is 170 Å². The molecule has 150 valence electrons. The van der Waals surface area contributed by atoms with Gasteiger partial charge >= 0.3 is 0 Å². The zero-order chi connectivity index (χ0) is 20.1. The smallest absolute Gasteiger partial charge is 0.231 e. The molecule has 29 heavy (non-hydrogen) atoms. The van der Waals surface area contributed by atoms with Gasteiger partial charge in [-0.15, -0.1) is 0 Å². The summed E-state index contributed by atoms with van der Waals surface area (Å²) >= 11 is 0. The maximum absolute atomic E-state index is 12.7. The molecule has 0 saturated carbocycles. The molecule has 0 N–H and O–H groups in total. The van der Waals surface area contributed by atoms with E-state index in [4.69, 9.17) is 9.26 Å². The van der Waals surface area contributed by atoms with Gasteiger partial charge in [-0.3, -0.25) is 4.79 Å². The van der Waals surface area contributed by atoms with Gasteiger partial charge in [0.05, 0.1) is 13.0 Å². The number of aryl methyl sites for hydroxylation is 1. The number of carbonyl (C=O) groups excluding carboxylic acids is 1. The molecule has 1 amide bonds. The van der Waals surface area contributed by atoms with Gasteiger partial charge in [-0.05, 0) is 37.0 Å². The second-order valence-electron chi connectivity index (χ2n) is 7.35. The summed E-state index contributed by atoms with van der Waals surface area (Å²) in [6.07, 6.45) is 3.18. The molecule has 0 bridgehead atoms. The molecule has 1 fully saturated rings. The van der Waals surface area contributed by atoms with Gasteiger partial charge < -0.3 is 14.2 Å². The minimum Gasteiger partial charge on any atom is -0.497 e. The summed E-state index contributed by atoms with van der Waals surface area (Å²) in [5.74, 6) is 2.17. The van der Waals surface area contributed by atoms with Crippen molar-refractivity contribution >= 4 is 5.91 Å². The summed E-state index contributed by atoms with van der Waals surface area (Å²) in [4.78, 5) is 19.2. The van der Waals surface area contributed by atoms with Crippen LogP contribution >= 0.6 is 0 Å². The van der Waals surface area contributed by atoms with E-state index in [1.807, 2.05) is 47.4 Å². The SMILES string of the molecule is COc1cccc(-c2noc([C@H]3CCCN(C(=O)CCc4ccccc4)C3)n2)c1. The molecule has 1 atom stereocenters. The zero-order valence-electron chi connectivity index (χ0n) is 16.6. The molecule has 3 aromatic rings. The third kappa shape index (κ3) is 4.65. The summed E-state index contributed by atoms with van der Waals surface area (Å²) in [6.45, 7) is 1.42. The first-order chi connectivity index (χ1) is 14.2. The number of carbonyl (C=O) groups is 1. The Kier molecular flexibility index (Phi) is 5.89. The summed E-state index contributed by atoms with van der Waals surface area (Å²) in [7, 11) is 1.63. The highest BCUT2D eigenvalue weighted by Crippen LogP contribution is 2.29. The Hall–Kier alpha value is -3.15. The van der Waals surface area contributed by atoms with E-state index < -0.39 is 0 Å². The third-order valence-electron chi connectivity index (χ3n) is 5.36. The lowest BCUT2D eigenvalue weighted by Crippen LogP contribution is -2.39. The van der Waals surface area contributed by atoms with Gasteiger partial charge in [0.2, 0.25) is 17.6 Å². The predicted molar refractivity (Wildman–Crippen MR) is 110 cm³/mol. The number of amides is 1. The zero-order valence-corrected chi connectivity index (χ0v) is 16.6. The van der Waals surface area contributed by atoms with Crippen molar-refractivity contribution in [2.75, 3.05) is 20.2 Å². The number of hydrogen-bond acceptors (Lipinski definition) is 5. The predicted octanol–water partition coefficient (Wildman–Crippen LogP) is 4.08. The van der Waals surface area contributed by atoms with Crippen molar-refractivity contribution in [3.05, 3.63) is 66.1 Å². The number of nitrogens with zero attached hydrogens (tertiary/aromatic N) is 3. The molecule has 0 aliphatic carbocycles. The lowest BCUT2D eigenvalue weighted by atomic mass is 9.97. The third-order valence-corrected chi connectivity index (χ3v) is 5.36. The monoisotopic (exact) mass is 391 g/mol. The second kappa shape index (κ2) is 8.90. The van der Waals surface area contributed by atoms with Crippen molar-refractivity contribution in [2.45, 2.75) is 31.6 Å². The number of methoxy groups -OCH3 is 1. The lowest BCUT2D eigenvalue weighted by molar-refractivity contribution is -0.132. The average molecular weight is 391 g/mol. The van der Waals surface area contributed by atoms with E-state index >= 15 is 0 Å². The van der Waals surface area contributed by atoms with Crippen LogP contribution in [0, 0.1) is 0 Å². The molecule has 1 aliphatic rings. The number of hydrogen-bond donors (Lipinski definition) is 0. The Morgan fingerprint density at radius 1 is 1.21 bits per heavy atom. The van der Waals surface area contributed by atoms with Crippen LogP contribution in [-0.4, -0.2) is 41.1 Å². The molecular weight excluding hydrogens is 366 g/mol. The van der Waals surface area contributed by atoms with Crippen LogP contribution in [0.3, 0.4) is 0 Å². The number of rotatable bonds is 6. The van der Waals surface area contributed by atoms with Crippen LogP contribution in [0.5, 0.6) is 5.75 Å². The van der Waals surface area contributed by atoms with Gasteiger partial charge in [0.1, 0.15) is 5.75 Å². The van der Waals surface area contributed by atoms with E-state index in [2.05, 4.69) is 22.3 Å². The van der Waals surface area contributed by atoms with Gasteiger partial charge in [0.15, 0.2) is 0 Å². The van der Waals surface area contributed by atoms with Crippen LogP contribution in [0.2, 0.25) is 0 Å². The first kappa shape index (κ1) is 19.2. The van der Waals surface area contributed by atoms with Crippen molar-refractivity contribution in [3.63, 3.8) is 0 Å². The molecular formula is C23H25N3O3. The van der Waals surface area contributed by atoms with Crippen molar-refractivity contribution in [1.29, 1.82) is 0 Å². The molecule has 1 aliphatic heterocycles. The van der Waals surface area contributed by atoms with Gasteiger partial charge in [-0.25, -0.2) is 0 Å². The molecule has 6 heteroatoms. The Bertz CT molecular complexity index is 955. The minimum atomic E-state index is 0.0799. The molecule has 6 nitrogen and oxygen atoms in total. The quantitative estimate of drug-likeness (QED) is 0.633. The van der Waals surface area contributed by atoms with Crippen molar-refractivity contribution < 1.29 is 14.1 Å². The van der Waals surface area contributed by atoms with Gasteiger partial charge in [0, 0.05) is 25.1 Å². The van der Waals surface area contributed by atoms with Crippen LogP contribution in [0.4, 0.5) is 0 Å². The second-order valence-corrected chi connectivity index (χ2v) is 7.35. The van der Waals surface area contributed by atoms with E-state index in [1.54, 1.807) is 7.11 Å². The highest BCUT2D eigenvalue weighted by atomic mass is 16.5. The largest absolute Gasteiger partial charge is 0.497 e. The standard InChI is InChI=1S/C23H25N3O3/c1-28-20-11-5-9-18(15-20)22-24-23(29-25-22)19-10-6-14-26(16-19)21(27)13-12-17-7-3-2-4-8-17/h2-5,7-9,11,15,19H,6,10,12-14,16H2,1H3/t19-/m0/s1.